The second-order valence-corrected chi connectivity index (χ2v) is 8.74. The summed E-state index contributed by atoms with van der Waals surface area (Å²) < 4.78 is 5.48. The molecule has 1 heterocycles. The van der Waals surface area contributed by atoms with Crippen molar-refractivity contribution in [3.8, 4) is 0 Å². The van der Waals surface area contributed by atoms with Gasteiger partial charge >= 0.3 is 6.09 Å². The highest BCUT2D eigenvalue weighted by atomic mass is 16.6. The number of ether oxygens (including phenoxy) is 1. The molecule has 1 fully saturated rings. The molecule has 0 aromatic carbocycles. The number of aromatic nitrogens is 1. The first-order valence-electron chi connectivity index (χ1n) is 9.65. The molecule has 0 radical (unpaired) electrons. The van der Waals surface area contributed by atoms with E-state index >= 15 is 0 Å². The van der Waals surface area contributed by atoms with Crippen LogP contribution in [0.3, 0.4) is 0 Å². The molecule has 5 nitrogen and oxygen atoms in total. The Balaban J connectivity index is 1.85. The van der Waals surface area contributed by atoms with Crippen LogP contribution in [0.15, 0.2) is 24.5 Å². The normalized spacial score (nSPS) is 23.7. The average molecular weight is 362 g/mol. The molecule has 0 atom stereocenters. The van der Waals surface area contributed by atoms with E-state index in [2.05, 4.69) is 30.0 Å². The Morgan fingerprint density at radius 2 is 1.92 bits per heavy atom. The Hall–Kier alpha value is -1.62. The number of hydrogen-bond donors (Lipinski definition) is 0. The number of nitrogens with zero attached hydrogens (tertiary/aromatic N) is 3. The van der Waals surface area contributed by atoms with Crippen molar-refractivity contribution in [1.82, 2.24) is 14.8 Å². The first kappa shape index (κ1) is 20.7. The fraction of sp³-hybridized carbons (Fsp3) is 0.714. The van der Waals surface area contributed by atoms with Crippen LogP contribution in [0.1, 0.15) is 58.4 Å². The lowest BCUT2D eigenvalue weighted by atomic mass is 9.71. The summed E-state index contributed by atoms with van der Waals surface area (Å²) in [7, 11) is 6.12. The van der Waals surface area contributed by atoms with Crippen LogP contribution in [0.4, 0.5) is 4.79 Å². The lowest BCUT2D eigenvalue weighted by molar-refractivity contribution is 0.0556. The van der Waals surface area contributed by atoms with Gasteiger partial charge in [-0.05, 0) is 84.5 Å². The van der Waals surface area contributed by atoms with Crippen LogP contribution in [-0.4, -0.2) is 54.2 Å². The molecule has 2 rings (SSSR count). The number of carbonyl (C=O) groups is 1. The Bertz CT molecular complexity index is 573. The van der Waals surface area contributed by atoms with Gasteiger partial charge in [0.15, 0.2) is 0 Å². The first-order chi connectivity index (χ1) is 12.2. The molecule has 0 saturated heterocycles. The van der Waals surface area contributed by atoms with Crippen LogP contribution >= 0.6 is 0 Å². The Morgan fingerprint density at radius 3 is 2.42 bits per heavy atom. The van der Waals surface area contributed by atoms with Crippen molar-refractivity contribution in [1.29, 1.82) is 0 Å². The highest BCUT2D eigenvalue weighted by molar-refractivity contribution is 5.68. The summed E-state index contributed by atoms with van der Waals surface area (Å²) in [5.41, 5.74) is 1.17. The monoisotopic (exact) mass is 361 g/mol. The van der Waals surface area contributed by atoms with E-state index in [0.29, 0.717) is 12.5 Å². The van der Waals surface area contributed by atoms with Gasteiger partial charge in [-0.1, -0.05) is 6.07 Å². The highest BCUT2D eigenvalue weighted by Gasteiger charge is 2.38. The van der Waals surface area contributed by atoms with E-state index in [0.717, 1.165) is 32.1 Å². The maximum absolute atomic E-state index is 12.1. The standard InChI is InChI=1S/C21H35N3O2/c1-20(2,3)24(6)19(25)26-15-11-17-9-12-21(13-10-17,23(4)5)18-8-7-14-22-16-18/h7-8,14,16-17H,9-13,15H2,1-6H3. The molecule has 1 aliphatic carbocycles. The van der Waals surface area contributed by atoms with Gasteiger partial charge in [-0.3, -0.25) is 9.88 Å². The summed E-state index contributed by atoms with van der Waals surface area (Å²) >= 11 is 0. The van der Waals surface area contributed by atoms with Crippen molar-refractivity contribution in [2.24, 2.45) is 5.92 Å². The van der Waals surface area contributed by atoms with Gasteiger partial charge in [-0.15, -0.1) is 0 Å². The van der Waals surface area contributed by atoms with Crippen LogP contribution in [0.2, 0.25) is 0 Å². The largest absolute Gasteiger partial charge is 0.449 e. The quantitative estimate of drug-likeness (QED) is 0.785. The number of pyridine rings is 1. The SMILES string of the molecule is CN(C(=O)OCCC1CCC(c2cccnc2)(N(C)C)CC1)C(C)(C)C. The van der Waals surface area contributed by atoms with Gasteiger partial charge in [0, 0.05) is 30.5 Å². The van der Waals surface area contributed by atoms with E-state index in [9.17, 15) is 4.79 Å². The highest BCUT2D eigenvalue weighted by Crippen LogP contribution is 2.43. The molecule has 1 aromatic heterocycles. The van der Waals surface area contributed by atoms with Crippen LogP contribution in [0.25, 0.3) is 0 Å². The number of rotatable bonds is 5. The molecule has 1 saturated carbocycles. The Labute approximate surface area is 158 Å². The van der Waals surface area contributed by atoms with Gasteiger partial charge in [0.25, 0.3) is 0 Å². The summed E-state index contributed by atoms with van der Waals surface area (Å²) in [4.78, 5) is 20.4. The molecule has 26 heavy (non-hydrogen) atoms. The van der Waals surface area contributed by atoms with Crippen molar-refractivity contribution in [3.63, 3.8) is 0 Å². The molecule has 0 N–H and O–H groups in total. The van der Waals surface area contributed by atoms with E-state index in [4.69, 9.17) is 4.74 Å². The lowest BCUT2D eigenvalue weighted by Crippen LogP contribution is -2.44. The third-order valence-electron chi connectivity index (χ3n) is 6.02. The van der Waals surface area contributed by atoms with E-state index < -0.39 is 0 Å². The molecule has 1 aliphatic rings. The lowest BCUT2D eigenvalue weighted by Gasteiger charge is -2.45. The van der Waals surface area contributed by atoms with Gasteiger partial charge in [0.2, 0.25) is 0 Å². The predicted molar refractivity (Wildman–Crippen MR) is 105 cm³/mol. The zero-order chi connectivity index (χ0) is 19.4. The van der Waals surface area contributed by atoms with Crippen LogP contribution < -0.4 is 0 Å². The van der Waals surface area contributed by atoms with E-state index in [1.807, 2.05) is 39.2 Å². The second-order valence-electron chi connectivity index (χ2n) is 8.74. The minimum Gasteiger partial charge on any atom is -0.449 e. The van der Waals surface area contributed by atoms with Gasteiger partial charge < -0.3 is 9.64 Å². The molecule has 5 heteroatoms. The van der Waals surface area contributed by atoms with Crippen molar-refractivity contribution in [2.45, 2.75) is 64.0 Å². The minimum absolute atomic E-state index is 0.0773. The fourth-order valence-electron chi connectivity index (χ4n) is 3.76. The smallest absolute Gasteiger partial charge is 0.409 e. The predicted octanol–water partition coefficient (Wildman–Crippen LogP) is 4.29. The van der Waals surface area contributed by atoms with Crippen molar-refractivity contribution in [3.05, 3.63) is 30.1 Å². The number of carbonyl (C=O) groups excluding carboxylic acids is 1. The second kappa shape index (κ2) is 8.38. The minimum atomic E-state index is -0.230. The molecule has 146 valence electrons. The van der Waals surface area contributed by atoms with Gasteiger partial charge in [-0.25, -0.2) is 4.79 Å². The molecule has 0 spiro atoms. The molecular formula is C21H35N3O2. The summed E-state index contributed by atoms with van der Waals surface area (Å²) in [6.45, 7) is 6.53. The van der Waals surface area contributed by atoms with Gasteiger partial charge in [0.05, 0.1) is 6.61 Å². The van der Waals surface area contributed by atoms with E-state index in [-0.39, 0.29) is 17.2 Å². The fourth-order valence-corrected chi connectivity index (χ4v) is 3.76. The first-order valence-corrected chi connectivity index (χ1v) is 9.65. The van der Waals surface area contributed by atoms with E-state index in [1.54, 1.807) is 11.9 Å². The molecule has 1 amide bonds. The van der Waals surface area contributed by atoms with Crippen LogP contribution in [0.5, 0.6) is 0 Å². The molecular weight excluding hydrogens is 326 g/mol. The van der Waals surface area contributed by atoms with Crippen molar-refractivity contribution >= 4 is 6.09 Å². The third kappa shape index (κ3) is 4.76. The summed E-state index contributed by atoms with van der Waals surface area (Å²) in [6.07, 6.45) is 9.09. The zero-order valence-electron chi connectivity index (χ0n) is 17.3. The maximum Gasteiger partial charge on any atom is 0.409 e. The van der Waals surface area contributed by atoms with Gasteiger partial charge in [-0.2, -0.15) is 0 Å². The Morgan fingerprint density at radius 1 is 1.27 bits per heavy atom. The van der Waals surface area contributed by atoms with Gasteiger partial charge in [0.1, 0.15) is 0 Å². The molecule has 0 unspecified atom stereocenters. The molecule has 0 aliphatic heterocycles. The third-order valence-corrected chi connectivity index (χ3v) is 6.02. The Kier molecular flexibility index (Phi) is 6.67. The zero-order valence-corrected chi connectivity index (χ0v) is 17.3. The number of hydrogen-bond acceptors (Lipinski definition) is 4. The summed E-state index contributed by atoms with van der Waals surface area (Å²) in [5, 5.41) is 0. The summed E-state index contributed by atoms with van der Waals surface area (Å²) in [6, 6.07) is 4.22. The average Bonchev–Trinajstić information content (AvgIpc) is 2.61. The van der Waals surface area contributed by atoms with Crippen LogP contribution in [0, 0.1) is 5.92 Å². The van der Waals surface area contributed by atoms with Crippen molar-refractivity contribution < 1.29 is 9.53 Å². The molecule has 0 bridgehead atoms. The number of amides is 1. The summed E-state index contributed by atoms with van der Waals surface area (Å²) in [5.74, 6) is 0.618. The van der Waals surface area contributed by atoms with Crippen molar-refractivity contribution in [2.75, 3.05) is 27.7 Å². The van der Waals surface area contributed by atoms with Crippen LogP contribution in [-0.2, 0) is 10.3 Å². The molecule has 1 aromatic rings. The topological polar surface area (TPSA) is 45.7 Å². The van der Waals surface area contributed by atoms with E-state index in [1.165, 1.54) is 5.56 Å². The maximum atomic E-state index is 12.1.